The maximum Gasteiger partial charge on any atom is 0.328 e. The summed E-state index contributed by atoms with van der Waals surface area (Å²) in [6, 6.07) is 1.41. The van der Waals surface area contributed by atoms with Crippen LogP contribution in [0.3, 0.4) is 0 Å². The summed E-state index contributed by atoms with van der Waals surface area (Å²) in [5, 5.41) is 11.2. The third-order valence-corrected chi connectivity index (χ3v) is 9.12. The first-order chi connectivity index (χ1) is 14.9. The summed E-state index contributed by atoms with van der Waals surface area (Å²) < 4.78 is 24.2. The Labute approximate surface area is 186 Å². The third-order valence-electron chi connectivity index (χ3n) is 5.54. The van der Waals surface area contributed by atoms with Crippen LogP contribution in [-0.4, -0.2) is 62.3 Å². The number of nitrogens with two attached hydrogens (primary N) is 1. The molecule has 2 aliphatic heterocycles. The van der Waals surface area contributed by atoms with Gasteiger partial charge in [0.2, 0.25) is 0 Å². The summed E-state index contributed by atoms with van der Waals surface area (Å²) in [7, 11) is -3.99. The van der Waals surface area contributed by atoms with Crippen molar-refractivity contribution in [2.75, 3.05) is 5.73 Å². The van der Waals surface area contributed by atoms with Crippen LogP contribution < -0.4 is 11.1 Å². The molecule has 4 heterocycles. The van der Waals surface area contributed by atoms with Crippen LogP contribution in [0.1, 0.15) is 34.8 Å². The molecular weight excluding hydrogens is 458 g/mol. The molecule has 2 aromatic heterocycles. The number of amides is 2. The maximum absolute atomic E-state index is 12.9. The lowest BCUT2D eigenvalue weighted by Gasteiger charge is -2.37. The minimum absolute atomic E-state index is 0.0768. The standard InChI is InChI=1S/C19H19N5O6S2/c1-19(2)13(17(27)28)24-15(26)12(16(24)32(19,29)30)6-10-5-9(3-4-21-10)14(25)22-7-11-8-23-18(20)31-11/h3-6,8,13,16H,7H2,1-2H3,(H2,20,23)(H,22,25)(H,27,28)/b12-6-/t13-,16?/m0/s1. The number of hydrogen-bond acceptors (Lipinski definition) is 9. The SMILES string of the molecule is CC1(C)[C@H](C(=O)O)N2C(=O)/C(=C/c3cc(C(=O)NCc4cnc(N)s4)ccn3)C2S1(=O)=O. The molecule has 0 saturated carbocycles. The molecule has 2 fully saturated rings. The molecule has 0 aromatic carbocycles. The molecule has 168 valence electrons. The van der Waals surface area contributed by atoms with Crippen molar-refractivity contribution < 1.29 is 27.9 Å². The fourth-order valence-electron chi connectivity index (χ4n) is 3.84. The summed E-state index contributed by atoms with van der Waals surface area (Å²) in [4.78, 5) is 46.4. The van der Waals surface area contributed by atoms with E-state index in [4.69, 9.17) is 5.73 Å². The molecule has 2 aromatic rings. The van der Waals surface area contributed by atoms with Crippen molar-refractivity contribution in [3.8, 4) is 0 Å². The first-order valence-corrected chi connectivity index (χ1v) is 11.8. The van der Waals surface area contributed by atoms with Crippen molar-refractivity contribution in [2.45, 2.75) is 36.6 Å². The number of nitrogens with zero attached hydrogens (tertiary/aromatic N) is 3. The minimum Gasteiger partial charge on any atom is -0.480 e. The lowest BCUT2D eigenvalue weighted by Crippen LogP contribution is -2.58. The van der Waals surface area contributed by atoms with E-state index in [1.165, 1.54) is 49.6 Å². The zero-order chi connectivity index (χ0) is 23.4. The molecule has 4 rings (SSSR count). The first-order valence-electron chi connectivity index (χ1n) is 9.40. The van der Waals surface area contributed by atoms with Crippen LogP contribution in [0.2, 0.25) is 0 Å². The van der Waals surface area contributed by atoms with Crippen molar-refractivity contribution >= 4 is 50.2 Å². The number of thiazole rings is 1. The number of sulfone groups is 1. The van der Waals surface area contributed by atoms with Gasteiger partial charge in [-0.05, 0) is 32.1 Å². The summed E-state index contributed by atoms with van der Waals surface area (Å²) in [5.74, 6) is -2.47. The topological polar surface area (TPSA) is 173 Å². The summed E-state index contributed by atoms with van der Waals surface area (Å²) in [6.07, 6.45) is 4.20. The molecule has 2 saturated heterocycles. The number of pyridine rings is 1. The highest BCUT2D eigenvalue weighted by molar-refractivity contribution is 7.94. The third kappa shape index (κ3) is 3.24. The maximum atomic E-state index is 12.9. The van der Waals surface area contributed by atoms with Gasteiger partial charge in [0.25, 0.3) is 11.8 Å². The van der Waals surface area contributed by atoms with E-state index < -0.39 is 43.8 Å². The van der Waals surface area contributed by atoms with E-state index in [-0.39, 0.29) is 23.4 Å². The van der Waals surface area contributed by atoms with Crippen LogP contribution >= 0.6 is 11.3 Å². The Morgan fingerprint density at radius 1 is 1.38 bits per heavy atom. The number of carboxylic acid groups (broad SMARTS) is 1. The lowest BCUT2D eigenvalue weighted by molar-refractivity contribution is -0.152. The monoisotopic (exact) mass is 477 g/mol. The lowest BCUT2D eigenvalue weighted by atomic mass is 9.95. The largest absolute Gasteiger partial charge is 0.480 e. The Morgan fingerprint density at radius 3 is 2.72 bits per heavy atom. The van der Waals surface area contributed by atoms with E-state index in [1.54, 1.807) is 6.20 Å². The Bertz CT molecular complexity index is 1280. The summed E-state index contributed by atoms with van der Waals surface area (Å²) >= 11 is 1.25. The van der Waals surface area contributed by atoms with E-state index in [0.717, 1.165) is 9.78 Å². The number of aromatic nitrogens is 2. The van der Waals surface area contributed by atoms with E-state index in [2.05, 4.69) is 15.3 Å². The number of fused-ring (bicyclic) bond motifs is 1. The van der Waals surface area contributed by atoms with Gasteiger partial charge in [-0.15, -0.1) is 11.3 Å². The molecule has 0 radical (unpaired) electrons. The molecule has 2 atom stereocenters. The van der Waals surface area contributed by atoms with Crippen LogP contribution in [0.4, 0.5) is 5.13 Å². The molecule has 0 aliphatic carbocycles. The highest BCUT2D eigenvalue weighted by Crippen LogP contribution is 2.48. The van der Waals surface area contributed by atoms with Crippen molar-refractivity contribution in [1.82, 2.24) is 20.2 Å². The van der Waals surface area contributed by atoms with E-state index in [1.807, 2.05) is 0 Å². The second-order valence-corrected chi connectivity index (χ2v) is 11.6. The summed E-state index contributed by atoms with van der Waals surface area (Å²) in [5.41, 5.74) is 5.95. The number of rotatable bonds is 5. The molecule has 2 amide bonds. The van der Waals surface area contributed by atoms with Crippen LogP contribution in [0, 0.1) is 0 Å². The van der Waals surface area contributed by atoms with E-state index >= 15 is 0 Å². The fourth-order valence-corrected chi connectivity index (χ4v) is 6.59. The van der Waals surface area contributed by atoms with Crippen LogP contribution in [0.5, 0.6) is 0 Å². The predicted molar refractivity (Wildman–Crippen MR) is 115 cm³/mol. The molecule has 0 spiro atoms. The molecule has 0 bridgehead atoms. The smallest absolute Gasteiger partial charge is 0.328 e. The second-order valence-electron chi connectivity index (χ2n) is 7.87. The quantitative estimate of drug-likeness (QED) is 0.403. The van der Waals surface area contributed by atoms with Crippen molar-refractivity contribution in [1.29, 1.82) is 0 Å². The van der Waals surface area contributed by atoms with E-state index in [0.29, 0.717) is 5.13 Å². The molecule has 1 unspecified atom stereocenters. The average Bonchev–Trinajstić information content (AvgIpc) is 3.20. The van der Waals surface area contributed by atoms with Crippen LogP contribution in [0.15, 0.2) is 30.1 Å². The normalized spacial score (nSPS) is 24.1. The molecular formula is C19H19N5O6S2. The van der Waals surface area contributed by atoms with Gasteiger partial charge < -0.3 is 21.1 Å². The van der Waals surface area contributed by atoms with Crippen molar-refractivity contribution in [3.63, 3.8) is 0 Å². The van der Waals surface area contributed by atoms with Gasteiger partial charge >= 0.3 is 5.97 Å². The van der Waals surface area contributed by atoms with Gasteiger partial charge in [-0.25, -0.2) is 18.2 Å². The van der Waals surface area contributed by atoms with Gasteiger partial charge in [-0.2, -0.15) is 0 Å². The molecule has 32 heavy (non-hydrogen) atoms. The first kappa shape index (κ1) is 21.9. The van der Waals surface area contributed by atoms with Gasteiger partial charge in [0.1, 0.15) is 4.75 Å². The Balaban J connectivity index is 1.58. The number of β-lactam (4-membered cyclic amide) rings is 1. The average molecular weight is 478 g/mol. The van der Waals surface area contributed by atoms with Crippen molar-refractivity contribution in [3.05, 3.63) is 46.2 Å². The number of carbonyl (C=O) groups excluding carboxylic acids is 2. The fraction of sp³-hybridized carbons (Fsp3) is 0.316. The Hall–Kier alpha value is -3.32. The Morgan fingerprint density at radius 2 is 2.09 bits per heavy atom. The minimum atomic E-state index is -3.99. The van der Waals surface area contributed by atoms with Crippen LogP contribution in [0.25, 0.3) is 6.08 Å². The molecule has 11 nitrogen and oxygen atoms in total. The van der Waals surface area contributed by atoms with Crippen molar-refractivity contribution in [2.24, 2.45) is 0 Å². The van der Waals surface area contributed by atoms with Gasteiger partial charge in [0.15, 0.2) is 26.4 Å². The number of anilines is 1. The van der Waals surface area contributed by atoms with E-state index in [9.17, 15) is 27.9 Å². The number of aliphatic carboxylic acids is 1. The zero-order valence-electron chi connectivity index (χ0n) is 17.0. The van der Waals surface area contributed by atoms with Crippen LogP contribution in [-0.2, 0) is 26.0 Å². The number of hydrogen-bond donors (Lipinski definition) is 3. The summed E-state index contributed by atoms with van der Waals surface area (Å²) in [6.45, 7) is 2.82. The number of carbonyl (C=O) groups is 3. The van der Waals surface area contributed by atoms with Gasteiger partial charge in [-0.1, -0.05) is 0 Å². The van der Waals surface area contributed by atoms with Gasteiger partial charge in [0.05, 0.1) is 17.8 Å². The predicted octanol–water partition coefficient (Wildman–Crippen LogP) is 0.262. The zero-order valence-corrected chi connectivity index (χ0v) is 18.6. The number of carboxylic acids is 1. The van der Waals surface area contributed by atoms with Gasteiger partial charge in [0, 0.05) is 22.8 Å². The number of nitrogen functional groups attached to an aromatic ring is 1. The highest BCUT2D eigenvalue weighted by Gasteiger charge is 2.70. The molecule has 4 N–H and O–H groups in total. The van der Waals surface area contributed by atoms with Gasteiger partial charge in [-0.3, -0.25) is 14.6 Å². The number of nitrogens with one attached hydrogen (secondary N) is 1. The molecule has 2 aliphatic rings. The highest BCUT2D eigenvalue weighted by atomic mass is 32.2. The Kier molecular flexibility index (Phi) is 5.05. The molecule has 13 heteroatoms. The second kappa shape index (κ2) is 7.38.